The fourth-order valence-corrected chi connectivity index (χ4v) is 3.67. The molecule has 0 unspecified atom stereocenters. The lowest BCUT2D eigenvalue weighted by Crippen LogP contribution is -2.70. The van der Waals surface area contributed by atoms with Crippen molar-refractivity contribution in [2.75, 3.05) is 6.61 Å². The summed E-state index contributed by atoms with van der Waals surface area (Å²) in [6.07, 6.45) is 4.33. The Morgan fingerprint density at radius 3 is 2.73 bits per heavy atom. The average Bonchev–Trinajstić information content (AvgIpc) is 2.68. The molecular formula is C15H23NO6. The fourth-order valence-electron chi connectivity index (χ4n) is 3.67. The lowest BCUT2D eigenvalue weighted by Gasteiger charge is -2.43. The van der Waals surface area contributed by atoms with E-state index in [4.69, 9.17) is 5.11 Å². The molecule has 0 aromatic heterocycles. The van der Waals surface area contributed by atoms with Gasteiger partial charge in [-0.3, -0.25) is 4.79 Å². The minimum atomic E-state index is -2.18. The maximum Gasteiger partial charge on any atom is 0.335 e. The van der Waals surface area contributed by atoms with Crippen LogP contribution < -0.4 is 5.32 Å². The number of rotatable bonds is 5. The van der Waals surface area contributed by atoms with Gasteiger partial charge in [0.25, 0.3) is 0 Å². The molecule has 7 nitrogen and oxygen atoms in total. The first kappa shape index (κ1) is 16.9. The Morgan fingerprint density at radius 2 is 2.23 bits per heavy atom. The molecule has 22 heavy (non-hydrogen) atoms. The van der Waals surface area contributed by atoms with Gasteiger partial charge in [-0.05, 0) is 32.6 Å². The van der Waals surface area contributed by atoms with Crippen molar-refractivity contribution in [2.45, 2.75) is 49.9 Å². The van der Waals surface area contributed by atoms with Crippen molar-refractivity contribution in [3.63, 3.8) is 0 Å². The second-order valence-corrected chi connectivity index (χ2v) is 6.28. The van der Waals surface area contributed by atoms with Crippen LogP contribution in [0.25, 0.3) is 0 Å². The summed E-state index contributed by atoms with van der Waals surface area (Å²) in [6.45, 7) is 0.873. The number of hydrogen-bond acceptors (Lipinski definition) is 5. The molecular weight excluding hydrogens is 290 g/mol. The molecule has 124 valence electrons. The van der Waals surface area contributed by atoms with Gasteiger partial charge in [0.15, 0.2) is 5.54 Å². The molecule has 5 atom stereocenters. The molecule has 0 aromatic rings. The second kappa shape index (κ2) is 5.98. The van der Waals surface area contributed by atoms with Gasteiger partial charge >= 0.3 is 5.97 Å². The van der Waals surface area contributed by atoms with Gasteiger partial charge in [-0.15, -0.1) is 0 Å². The molecule has 0 radical (unpaired) electrons. The van der Waals surface area contributed by atoms with Crippen LogP contribution >= 0.6 is 0 Å². The zero-order valence-corrected chi connectivity index (χ0v) is 12.5. The maximum atomic E-state index is 12.1. The molecule has 1 fully saturated rings. The number of carbonyl (C=O) groups is 2. The lowest BCUT2D eigenvalue weighted by molar-refractivity contribution is -0.170. The fraction of sp³-hybridized carbons (Fsp3) is 0.733. The summed E-state index contributed by atoms with van der Waals surface area (Å²) in [5.41, 5.74) is -4.19. The van der Waals surface area contributed by atoms with E-state index in [1.807, 2.05) is 6.08 Å². The van der Waals surface area contributed by atoms with E-state index in [1.165, 1.54) is 6.92 Å². The Balaban J connectivity index is 2.44. The van der Waals surface area contributed by atoms with Gasteiger partial charge in [0.2, 0.25) is 5.91 Å². The normalized spacial score (nSPS) is 39.5. The highest BCUT2D eigenvalue weighted by atomic mass is 16.4. The number of nitrogens with one attached hydrogen (secondary N) is 1. The van der Waals surface area contributed by atoms with Crippen LogP contribution in [0.1, 0.15) is 32.6 Å². The van der Waals surface area contributed by atoms with Crippen LogP contribution in [0, 0.1) is 11.8 Å². The number of hydrogen-bond donors (Lipinski definition) is 5. The average molecular weight is 313 g/mol. The minimum Gasteiger partial charge on any atom is -0.479 e. The van der Waals surface area contributed by atoms with Gasteiger partial charge in [0.1, 0.15) is 5.60 Å². The van der Waals surface area contributed by atoms with Crippen LogP contribution in [0.5, 0.6) is 0 Å². The first-order chi connectivity index (χ1) is 10.3. The van der Waals surface area contributed by atoms with E-state index in [1.54, 1.807) is 6.08 Å². The van der Waals surface area contributed by atoms with Gasteiger partial charge in [0.05, 0.1) is 12.0 Å². The predicted molar refractivity (Wildman–Crippen MR) is 76.8 cm³/mol. The molecule has 2 aliphatic rings. The largest absolute Gasteiger partial charge is 0.479 e. The maximum absolute atomic E-state index is 12.1. The van der Waals surface area contributed by atoms with E-state index < -0.39 is 41.0 Å². The number of carbonyl (C=O) groups excluding carboxylic acids is 1. The zero-order chi connectivity index (χ0) is 16.5. The first-order valence-corrected chi connectivity index (χ1v) is 7.52. The Hall–Kier alpha value is -1.44. The number of carboxylic acid groups (broad SMARTS) is 1. The third-order valence-corrected chi connectivity index (χ3v) is 5.01. The molecule has 1 aliphatic heterocycles. The highest BCUT2D eigenvalue weighted by Crippen LogP contribution is 2.43. The zero-order valence-electron chi connectivity index (χ0n) is 12.5. The molecule has 1 saturated heterocycles. The van der Waals surface area contributed by atoms with Crippen LogP contribution in [0.15, 0.2) is 12.2 Å². The van der Waals surface area contributed by atoms with Crippen LogP contribution in [-0.2, 0) is 9.59 Å². The van der Waals surface area contributed by atoms with E-state index in [0.29, 0.717) is 6.42 Å². The van der Waals surface area contributed by atoms with Crippen molar-refractivity contribution >= 4 is 11.9 Å². The molecule has 1 heterocycles. The van der Waals surface area contributed by atoms with E-state index in [9.17, 15) is 24.9 Å². The molecule has 5 N–H and O–H groups in total. The SMILES string of the molecule is C[C@]1(O)[C@@H](CCO)C(=O)N[C@]1(C(=O)O)[C@H](O)[C@@H]1C=CCCC1. The number of allylic oxidation sites excluding steroid dienone is 1. The third kappa shape index (κ3) is 2.33. The number of aliphatic hydroxyl groups is 3. The Morgan fingerprint density at radius 1 is 1.55 bits per heavy atom. The minimum absolute atomic E-state index is 0.0684. The topological polar surface area (TPSA) is 127 Å². The highest BCUT2D eigenvalue weighted by molar-refractivity contribution is 5.95. The molecule has 0 saturated carbocycles. The Kier molecular flexibility index (Phi) is 4.60. The molecule has 1 aliphatic carbocycles. The van der Waals surface area contributed by atoms with Crippen molar-refractivity contribution in [3.05, 3.63) is 12.2 Å². The smallest absolute Gasteiger partial charge is 0.335 e. The van der Waals surface area contributed by atoms with Crippen molar-refractivity contribution in [3.8, 4) is 0 Å². The summed E-state index contributed by atoms with van der Waals surface area (Å²) in [6, 6.07) is 0. The van der Waals surface area contributed by atoms with Crippen molar-refractivity contribution in [1.29, 1.82) is 0 Å². The number of aliphatic hydroxyl groups excluding tert-OH is 2. The van der Waals surface area contributed by atoms with Gasteiger partial charge in [-0.25, -0.2) is 4.79 Å². The van der Waals surface area contributed by atoms with Crippen molar-refractivity contribution < 1.29 is 30.0 Å². The van der Waals surface area contributed by atoms with Gasteiger partial charge in [0, 0.05) is 12.5 Å². The van der Waals surface area contributed by atoms with E-state index in [2.05, 4.69) is 5.32 Å². The molecule has 0 spiro atoms. The van der Waals surface area contributed by atoms with Gasteiger partial charge in [-0.1, -0.05) is 12.2 Å². The predicted octanol–water partition coefficient (Wildman–Crippen LogP) is -0.594. The molecule has 7 heteroatoms. The molecule has 2 rings (SSSR count). The highest BCUT2D eigenvalue weighted by Gasteiger charge is 2.69. The van der Waals surface area contributed by atoms with Crippen LogP contribution in [0.3, 0.4) is 0 Å². The van der Waals surface area contributed by atoms with Crippen LogP contribution in [0.4, 0.5) is 0 Å². The summed E-state index contributed by atoms with van der Waals surface area (Å²) in [7, 11) is 0. The van der Waals surface area contributed by atoms with E-state index >= 15 is 0 Å². The van der Waals surface area contributed by atoms with Crippen LogP contribution in [0.2, 0.25) is 0 Å². The van der Waals surface area contributed by atoms with E-state index in [-0.39, 0.29) is 13.0 Å². The summed E-state index contributed by atoms with van der Waals surface area (Å²) in [5, 5.41) is 42.5. The molecule has 1 amide bonds. The van der Waals surface area contributed by atoms with Gasteiger partial charge in [-0.2, -0.15) is 0 Å². The van der Waals surface area contributed by atoms with Crippen LogP contribution in [-0.4, -0.2) is 56.2 Å². The molecule has 0 bridgehead atoms. The van der Waals surface area contributed by atoms with Crippen molar-refractivity contribution in [1.82, 2.24) is 5.32 Å². The Bertz CT molecular complexity index is 488. The van der Waals surface area contributed by atoms with Gasteiger partial charge < -0.3 is 25.7 Å². The summed E-state index contributed by atoms with van der Waals surface area (Å²) in [4.78, 5) is 24.0. The van der Waals surface area contributed by atoms with E-state index in [0.717, 1.165) is 12.8 Å². The first-order valence-electron chi connectivity index (χ1n) is 7.52. The molecule has 0 aromatic carbocycles. The Labute approximate surface area is 128 Å². The number of carboxylic acids is 1. The monoisotopic (exact) mass is 313 g/mol. The van der Waals surface area contributed by atoms with Crippen molar-refractivity contribution in [2.24, 2.45) is 11.8 Å². The summed E-state index contributed by atoms with van der Waals surface area (Å²) in [5.74, 6) is -3.68. The standard InChI is InChI=1S/C15H23NO6/c1-14(22)10(7-8-17)12(19)16-15(14,13(20)21)11(18)9-5-3-2-4-6-9/h3,5,9-11,17-18,22H,2,4,6-8H2,1H3,(H,16,19)(H,20,21)/t9-,10+,11-,14+,15+/m1/s1. The summed E-state index contributed by atoms with van der Waals surface area (Å²) >= 11 is 0. The number of aliphatic carboxylic acids is 1. The third-order valence-electron chi connectivity index (χ3n) is 5.01. The second-order valence-electron chi connectivity index (χ2n) is 6.28. The number of amides is 1. The quantitative estimate of drug-likeness (QED) is 0.432. The summed E-state index contributed by atoms with van der Waals surface area (Å²) < 4.78 is 0. The lowest BCUT2D eigenvalue weighted by atomic mass is 9.68.